The van der Waals surface area contributed by atoms with Gasteiger partial charge in [-0.2, -0.15) is 0 Å². The molecular formula is C22H28N2O2. The van der Waals surface area contributed by atoms with Crippen molar-refractivity contribution in [3.8, 4) is 0 Å². The minimum Gasteiger partial charge on any atom is -0.441 e. The number of fused-ring (bicyclic) bond motifs is 1. The number of aromatic nitrogens is 1. The number of rotatable bonds is 12. The summed E-state index contributed by atoms with van der Waals surface area (Å²) in [6.07, 6.45) is 5.53. The molecule has 0 aliphatic rings. The number of hydrogen-bond acceptors (Lipinski definition) is 4. The maximum Gasteiger partial charge on any atom is 0.197 e. The van der Waals surface area contributed by atoms with Gasteiger partial charge >= 0.3 is 0 Å². The molecule has 0 unspecified atom stereocenters. The van der Waals surface area contributed by atoms with E-state index in [4.69, 9.17) is 9.15 Å². The van der Waals surface area contributed by atoms with Crippen LogP contribution in [0.25, 0.3) is 11.1 Å². The Morgan fingerprint density at radius 1 is 0.846 bits per heavy atom. The van der Waals surface area contributed by atoms with Crippen molar-refractivity contribution < 1.29 is 9.15 Å². The molecule has 0 radical (unpaired) electrons. The van der Waals surface area contributed by atoms with Gasteiger partial charge in [0, 0.05) is 19.6 Å². The maximum atomic E-state index is 5.70. The van der Waals surface area contributed by atoms with Crippen molar-refractivity contribution in [2.45, 2.75) is 38.6 Å². The third-order valence-electron chi connectivity index (χ3n) is 4.36. The first-order valence-electron chi connectivity index (χ1n) is 9.59. The van der Waals surface area contributed by atoms with Crippen LogP contribution in [0.3, 0.4) is 0 Å². The van der Waals surface area contributed by atoms with Crippen molar-refractivity contribution in [2.24, 2.45) is 0 Å². The molecule has 138 valence electrons. The number of ether oxygens (including phenoxy) is 1. The van der Waals surface area contributed by atoms with Crippen LogP contribution in [-0.2, 0) is 17.7 Å². The summed E-state index contributed by atoms with van der Waals surface area (Å²) in [6, 6.07) is 18.4. The largest absolute Gasteiger partial charge is 0.441 e. The SMILES string of the molecule is c1ccc(CNCCCCCCOCCc2nc3ccccc3o2)cc1. The Kier molecular flexibility index (Phi) is 7.69. The van der Waals surface area contributed by atoms with Gasteiger partial charge < -0.3 is 14.5 Å². The normalized spacial score (nSPS) is 11.2. The van der Waals surface area contributed by atoms with Gasteiger partial charge in [0.2, 0.25) is 0 Å². The highest BCUT2D eigenvalue weighted by atomic mass is 16.5. The quantitative estimate of drug-likeness (QED) is 0.478. The second-order valence-corrected chi connectivity index (χ2v) is 6.51. The van der Waals surface area contributed by atoms with E-state index in [1.54, 1.807) is 0 Å². The monoisotopic (exact) mass is 352 g/mol. The minimum absolute atomic E-state index is 0.672. The second-order valence-electron chi connectivity index (χ2n) is 6.51. The minimum atomic E-state index is 0.672. The summed E-state index contributed by atoms with van der Waals surface area (Å²) in [4.78, 5) is 4.46. The molecule has 26 heavy (non-hydrogen) atoms. The number of para-hydroxylation sites is 2. The van der Waals surface area contributed by atoms with E-state index in [1.165, 1.54) is 24.8 Å². The van der Waals surface area contributed by atoms with E-state index < -0.39 is 0 Å². The Morgan fingerprint density at radius 3 is 2.54 bits per heavy atom. The molecule has 0 aliphatic carbocycles. The van der Waals surface area contributed by atoms with Gasteiger partial charge in [0.1, 0.15) is 5.52 Å². The Hall–Kier alpha value is -2.17. The molecule has 1 heterocycles. The first-order chi connectivity index (χ1) is 12.9. The molecule has 0 amide bonds. The number of nitrogens with zero attached hydrogens (tertiary/aromatic N) is 1. The van der Waals surface area contributed by atoms with Crippen LogP contribution in [0.5, 0.6) is 0 Å². The predicted molar refractivity (Wildman–Crippen MR) is 105 cm³/mol. The summed E-state index contributed by atoms with van der Waals surface area (Å²) in [5.74, 6) is 0.760. The van der Waals surface area contributed by atoms with E-state index in [9.17, 15) is 0 Å². The number of nitrogens with one attached hydrogen (secondary N) is 1. The molecule has 4 heteroatoms. The summed E-state index contributed by atoms with van der Waals surface area (Å²) in [5.41, 5.74) is 3.12. The lowest BCUT2D eigenvalue weighted by Crippen LogP contribution is -2.14. The number of hydrogen-bond donors (Lipinski definition) is 1. The van der Waals surface area contributed by atoms with Gasteiger partial charge in [0.15, 0.2) is 11.5 Å². The van der Waals surface area contributed by atoms with E-state index in [0.29, 0.717) is 6.61 Å². The lowest BCUT2D eigenvalue weighted by atomic mass is 10.2. The molecule has 0 aliphatic heterocycles. The highest BCUT2D eigenvalue weighted by Gasteiger charge is 2.04. The molecule has 0 saturated carbocycles. The van der Waals surface area contributed by atoms with Crippen LogP contribution in [0.2, 0.25) is 0 Å². The van der Waals surface area contributed by atoms with Crippen LogP contribution in [0.1, 0.15) is 37.1 Å². The second kappa shape index (κ2) is 10.7. The van der Waals surface area contributed by atoms with E-state index in [0.717, 1.165) is 49.5 Å². The van der Waals surface area contributed by atoms with Crippen LogP contribution in [0.15, 0.2) is 59.0 Å². The van der Waals surface area contributed by atoms with Gasteiger partial charge in [0.25, 0.3) is 0 Å². The van der Waals surface area contributed by atoms with E-state index >= 15 is 0 Å². The van der Waals surface area contributed by atoms with E-state index in [1.807, 2.05) is 24.3 Å². The highest BCUT2D eigenvalue weighted by Crippen LogP contribution is 2.14. The van der Waals surface area contributed by atoms with Crippen molar-refractivity contribution in [3.63, 3.8) is 0 Å². The molecule has 0 spiro atoms. The molecule has 2 aromatic carbocycles. The third-order valence-corrected chi connectivity index (χ3v) is 4.36. The van der Waals surface area contributed by atoms with Crippen molar-refractivity contribution in [3.05, 3.63) is 66.1 Å². The molecule has 1 aromatic heterocycles. The summed E-state index contributed by atoms with van der Waals surface area (Å²) in [7, 11) is 0. The molecule has 1 N–H and O–H groups in total. The van der Waals surface area contributed by atoms with Crippen LogP contribution >= 0.6 is 0 Å². The smallest absolute Gasteiger partial charge is 0.197 e. The van der Waals surface area contributed by atoms with Crippen LogP contribution in [0, 0.1) is 0 Å². The van der Waals surface area contributed by atoms with Crippen molar-refractivity contribution in [2.75, 3.05) is 19.8 Å². The van der Waals surface area contributed by atoms with Crippen LogP contribution in [-0.4, -0.2) is 24.7 Å². The van der Waals surface area contributed by atoms with Gasteiger partial charge in [-0.15, -0.1) is 0 Å². The van der Waals surface area contributed by atoms with Gasteiger partial charge in [0.05, 0.1) is 6.61 Å². The average molecular weight is 352 g/mol. The first-order valence-corrected chi connectivity index (χ1v) is 9.59. The molecule has 4 nitrogen and oxygen atoms in total. The predicted octanol–water partition coefficient (Wildman–Crippen LogP) is 4.74. The number of oxazole rings is 1. The third kappa shape index (κ3) is 6.28. The van der Waals surface area contributed by atoms with Crippen LogP contribution < -0.4 is 5.32 Å². The average Bonchev–Trinajstić information content (AvgIpc) is 3.10. The zero-order valence-corrected chi connectivity index (χ0v) is 15.3. The van der Waals surface area contributed by atoms with E-state index in [2.05, 4.69) is 40.6 Å². The molecule has 3 aromatic rings. The number of benzene rings is 2. The summed E-state index contributed by atoms with van der Waals surface area (Å²) in [5, 5.41) is 3.49. The summed E-state index contributed by atoms with van der Waals surface area (Å²) in [6.45, 7) is 3.52. The molecule has 0 atom stereocenters. The lowest BCUT2D eigenvalue weighted by molar-refractivity contribution is 0.129. The zero-order valence-electron chi connectivity index (χ0n) is 15.3. The molecule has 3 rings (SSSR count). The van der Waals surface area contributed by atoms with E-state index in [-0.39, 0.29) is 0 Å². The van der Waals surface area contributed by atoms with Crippen molar-refractivity contribution in [1.29, 1.82) is 0 Å². The van der Waals surface area contributed by atoms with Gasteiger partial charge in [-0.1, -0.05) is 55.3 Å². The topological polar surface area (TPSA) is 47.3 Å². The highest BCUT2D eigenvalue weighted by molar-refractivity contribution is 5.72. The fourth-order valence-electron chi connectivity index (χ4n) is 2.92. The maximum absolute atomic E-state index is 5.70. The Morgan fingerprint density at radius 2 is 1.65 bits per heavy atom. The zero-order chi connectivity index (χ0) is 17.9. The summed E-state index contributed by atoms with van der Waals surface area (Å²) < 4.78 is 11.4. The molecular weight excluding hydrogens is 324 g/mol. The first kappa shape index (κ1) is 18.6. The lowest BCUT2D eigenvalue weighted by Gasteiger charge is -2.05. The van der Waals surface area contributed by atoms with Gasteiger partial charge in [-0.05, 0) is 37.1 Å². The fourth-order valence-corrected chi connectivity index (χ4v) is 2.92. The van der Waals surface area contributed by atoms with Crippen molar-refractivity contribution >= 4 is 11.1 Å². The van der Waals surface area contributed by atoms with Crippen molar-refractivity contribution in [1.82, 2.24) is 10.3 Å². The fraction of sp³-hybridized carbons (Fsp3) is 0.409. The summed E-state index contributed by atoms with van der Waals surface area (Å²) >= 11 is 0. The standard InChI is InChI=1S/C22H28N2O2/c1(8-15-23-18-19-10-4-3-5-11-19)2-9-16-25-17-14-22-24-20-12-6-7-13-21(20)26-22/h3-7,10-13,23H,1-2,8-9,14-18H2. The molecule has 0 fully saturated rings. The van der Waals surface area contributed by atoms with Gasteiger partial charge in [-0.3, -0.25) is 0 Å². The van der Waals surface area contributed by atoms with Crippen LogP contribution in [0.4, 0.5) is 0 Å². The Labute approximate surface area is 155 Å². The Balaban J connectivity index is 1.15. The molecule has 0 saturated heterocycles. The Bertz CT molecular complexity index is 722. The van der Waals surface area contributed by atoms with Gasteiger partial charge in [-0.25, -0.2) is 4.98 Å². The molecule has 0 bridgehead atoms. The number of unbranched alkanes of at least 4 members (excludes halogenated alkanes) is 3.